The highest BCUT2D eigenvalue weighted by molar-refractivity contribution is 6.18. The average Bonchev–Trinajstić information content (AvgIpc) is 3.23. The van der Waals surface area contributed by atoms with Crippen molar-refractivity contribution in [2.45, 2.75) is 39.0 Å². The Morgan fingerprint density at radius 3 is 2.05 bits per heavy atom. The third-order valence-corrected chi connectivity index (χ3v) is 5.96. The summed E-state index contributed by atoms with van der Waals surface area (Å²) in [6.07, 6.45) is 5.50. The maximum Gasteiger partial charge on any atom is 0.253 e. The molecule has 206 valence electrons. The number of alkyl halides is 2. The van der Waals surface area contributed by atoms with Gasteiger partial charge in [0.05, 0.1) is 0 Å². The molecule has 2 N–H and O–H groups in total. The molecule has 1 heterocycles. The Bertz CT molecular complexity index is 871. The lowest BCUT2D eigenvalue weighted by Gasteiger charge is -2.23. The van der Waals surface area contributed by atoms with Crippen LogP contribution in [0.15, 0.2) is 36.4 Å². The van der Waals surface area contributed by atoms with E-state index in [0.29, 0.717) is 24.7 Å². The first-order valence-electron chi connectivity index (χ1n) is 12.4. The van der Waals surface area contributed by atoms with E-state index in [1.165, 1.54) is 29.7 Å². The van der Waals surface area contributed by atoms with Crippen LogP contribution in [0.4, 0.5) is 5.69 Å². The molecule has 0 aliphatic carbocycles. The van der Waals surface area contributed by atoms with Gasteiger partial charge in [-0.25, -0.2) is 0 Å². The molecule has 0 bridgehead atoms. The molecular weight excluding hydrogens is 519 g/mol. The minimum absolute atomic E-state index is 0.0198. The summed E-state index contributed by atoms with van der Waals surface area (Å²) in [6.45, 7) is 4.10. The van der Waals surface area contributed by atoms with Crippen molar-refractivity contribution >= 4 is 52.5 Å². The van der Waals surface area contributed by atoms with Gasteiger partial charge in [-0.2, -0.15) is 0 Å². The number of rotatable bonds is 15. The SMILES string of the molecule is CCCN(CO)C(=O)CCCc1ccc(N(CCCl)CCCl)cc1.CNC(=O)CCN1C(=O)C=CC1=O. The van der Waals surface area contributed by atoms with Crippen molar-refractivity contribution in [1.82, 2.24) is 15.1 Å². The van der Waals surface area contributed by atoms with Crippen LogP contribution in [0.2, 0.25) is 0 Å². The number of carbonyl (C=O) groups excluding carboxylic acids is 4. The minimum atomic E-state index is -0.353. The fraction of sp³-hybridized carbons (Fsp3) is 0.538. The van der Waals surface area contributed by atoms with Gasteiger partial charge in [0.2, 0.25) is 11.8 Å². The quantitative estimate of drug-likeness (QED) is 0.195. The summed E-state index contributed by atoms with van der Waals surface area (Å²) in [7, 11) is 1.51. The Balaban J connectivity index is 0.000000442. The van der Waals surface area contributed by atoms with Crippen molar-refractivity contribution in [2.24, 2.45) is 0 Å². The van der Waals surface area contributed by atoms with Gasteiger partial charge in [0.1, 0.15) is 6.73 Å². The highest BCUT2D eigenvalue weighted by Gasteiger charge is 2.23. The van der Waals surface area contributed by atoms with Crippen LogP contribution in [-0.2, 0) is 25.6 Å². The Morgan fingerprint density at radius 2 is 1.57 bits per heavy atom. The molecule has 0 unspecified atom stereocenters. The van der Waals surface area contributed by atoms with E-state index in [0.717, 1.165) is 42.9 Å². The fourth-order valence-corrected chi connectivity index (χ4v) is 3.99. The number of carbonyl (C=O) groups is 4. The molecular formula is C26H38Cl2N4O5. The molecule has 0 radical (unpaired) electrons. The van der Waals surface area contributed by atoms with Crippen molar-refractivity contribution in [3.63, 3.8) is 0 Å². The van der Waals surface area contributed by atoms with Gasteiger partial charge in [0.15, 0.2) is 0 Å². The minimum Gasteiger partial charge on any atom is -0.376 e. The summed E-state index contributed by atoms with van der Waals surface area (Å²) in [6, 6.07) is 8.33. The number of aliphatic hydroxyl groups is 1. The molecule has 1 aromatic rings. The molecule has 2 rings (SSSR count). The number of nitrogens with one attached hydrogen (secondary N) is 1. The third kappa shape index (κ3) is 12.0. The number of hydrogen-bond donors (Lipinski definition) is 2. The molecule has 1 aliphatic rings. The van der Waals surface area contributed by atoms with Gasteiger partial charge >= 0.3 is 0 Å². The largest absolute Gasteiger partial charge is 0.376 e. The maximum atomic E-state index is 12.0. The Labute approximate surface area is 229 Å². The molecule has 0 spiro atoms. The lowest BCUT2D eigenvalue weighted by molar-refractivity contribution is -0.137. The van der Waals surface area contributed by atoms with E-state index in [2.05, 4.69) is 34.5 Å². The van der Waals surface area contributed by atoms with Crippen molar-refractivity contribution in [3.05, 3.63) is 42.0 Å². The number of anilines is 1. The Morgan fingerprint density at radius 1 is 0.973 bits per heavy atom. The van der Waals surface area contributed by atoms with Crippen LogP contribution < -0.4 is 10.2 Å². The van der Waals surface area contributed by atoms with Crippen LogP contribution in [-0.4, -0.2) is 90.3 Å². The molecule has 4 amide bonds. The zero-order chi connectivity index (χ0) is 27.6. The molecule has 0 aromatic heterocycles. The number of nitrogens with zero attached hydrogens (tertiary/aromatic N) is 3. The van der Waals surface area contributed by atoms with Crippen LogP contribution in [0.5, 0.6) is 0 Å². The Kier molecular flexibility index (Phi) is 16.3. The smallest absolute Gasteiger partial charge is 0.253 e. The zero-order valence-electron chi connectivity index (χ0n) is 21.6. The number of imide groups is 1. The van der Waals surface area contributed by atoms with Gasteiger partial charge in [-0.1, -0.05) is 19.1 Å². The second kappa shape index (κ2) is 18.6. The van der Waals surface area contributed by atoms with Gasteiger partial charge in [-0.05, 0) is 37.0 Å². The second-order valence-corrected chi connectivity index (χ2v) is 9.02. The topological polar surface area (TPSA) is 110 Å². The van der Waals surface area contributed by atoms with Gasteiger partial charge in [0, 0.05) is 75.7 Å². The van der Waals surface area contributed by atoms with Crippen molar-refractivity contribution in [3.8, 4) is 0 Å². The molecule has 1 aromatic carbocycles. The molecule has 11 heteroatoms. The van der Waals surface area contributed by atoms with Gasteiger partial charge in [-0.15, -0.1) is 23.2 Å². The molecule has 1 aliphatic heterocycles. The van der Waals surface area contributed by atoms with Crippen LogP contribution in [0.25, 0.3) is 0 Å². The number of amides is 4. The van der Waals surface area contributed by atoms with E-state index in [1.54, 1.807) is 0 Å². The van der Waals surface area contributed by atoms with E-state index < -0.39 is 0 Å². The third-order valence-electron chi connectivity index (χ3n) is 5.63. The zero-order valence-corrected chi connectivity index (χ0v) is 23.1. The first kappa shape index (κ1) is 32.4. The molecule has 0 saturated heterocycles. The molecule has 0 atom stereocenters. The lowest BCUT2D eigenvalue weighted by Crippen LogP contribution is -2.33. The Hall–Kier alpha value is -2.62. The molecule has 37 heavy (non-hydrogen) atoms. The van der Waals surface area contributed by atoms with E-state index in [9.17, 15) is 24.3 Å². The van der Waals surface area contributed by atoms with E-state index in [4.69, 9.17) is 23.2 Å². The number of hydrogen-bond acceptors (Lipinski definition) is 6. The number of aliphatic hydroxyl groups excluding tert-OH is 1. The lowest BCUT2D eigenvalue weighted by atomic mass is 10.1. The summed E-state index contributed by atoms with van der Waals surface area (Å²) < 4.78 is 0. The normalized spacial score (nSPS) is 12.3. The number of halogens is 2. The second-order valence-electron chi connectivity index (χ2n) is 8.27. The number of benzene rings is 1. The standard InChI is InChI=1S/C18H28Cl2N2O2.C8H10N2O3/c1-2-12-22(15-23)18(24)5-3-4-16-6-8-17(9-7-16)21(13-10-19)14-11-20;1-9-6(11)4-5-10-7(12)2-3-8(10)13/h6-9,23H,2-5,10-15H2,1H3;2-3H,4-5H2,1H3,(H,9,11). The number of aryl methyl sites for hydroxylation is 1. The summed E-state index contributed by atoms with van der Waals surface area (Å²) >= 11 is 11.7. The average molecular weight is 558 g/mol. The highest BCUT2D eigenvalue weighted by Crippen LogP contribution is 2.17. The highest BCUT2D eigenvalue weighted by atomic mass is 35.5. The summed E-state index contributed by atoms with van der Waals surface area (Å²) in [5, 5.41) is 11.6. The van der Waals surface area contributed by atoms with Crippen molar-refractivity contribution in [2.75, 3.05) is 56.6 Å². The summed E-state index contributed by atoms with van der Waals surface area (Å²) in [5.41, 5.74) is 2.32. The van der Waals surface area contributed by atoms with E-state index >= 15 is 0 Å². The van der Waals surface area contributed by atoms with Crippen molar-refractivity contribution in [1.29, 1.82) is 0 Å². The van der Waals surface area contributed by atoms with Gasteiger partial charge < -0.3 is 20.2 Å². The predicted octanol–water partition coefficient (Wildman–Crippen LogP) is 2.53. The summed E-state index contributed by atoms with van der Waals surface area (Å²) in [5.74, 6) is 0.265. The van der Waals surface area contributed by atoms with Crippen LogP contribution in [0.1, 0.15) is 38.2 Å². The molecule has 0 saturated carbocycles. The monoisotopic (exact) mass is 556 g/mol. The summed E-state index contributed by atoms with van der Waals surface area (Å²) in [4.78, 5) is 49.4. The van der Waals surface area contributed by atoms with Crippen molar-refractivity contribution < 1.29 is 24.3 Å². The van der Waals surface area contributed by atoms with Crippen LogP contribution in [0.3, 0.4) is 0 Å². The van der Waals surface area contributed by atoms with Gasteiger partial charge in [-0.3, -0.25) is 24.1 Å². The fourth-order valence-electron chi connectivity index (χ4n) is 3.58. The van der Waals surface area contributed by atoms with Crippen LogP contribution in [0, 0.1) is 0 Å². The van der Waals surface area contributed by atoms with Crippen LogP contribution >= 0.6 is 23.2 Å². The maximum absolute atomic E-state index is 12.0. The first-order chi connectivity index (χ1) is 17.8. The van der Waals surface area contributed by atoms with Gasteiger partial charge in [0.25, 0.3) is 11.8 Å². The van der Waals surface area contributed by atoms with E-state index in [-0.39, 0.29) is 43.3 Å². The van der Waals surface area contributed by atoms with E-state index in [1.807, 2.05) is 6.92 Å². The first-order valence-corrected chi connectivity index (χ1v) is 13.5. The molecule has 0 fully saturated rings. The predicted molar refractivity (Wildman–Crippen MR) is 147 cm³/mol. The molecule has 9 nitrogen and oxygen atoms in total.